The lowest BCUT2D eigenvalue weighted by Gasteiger charge is -2.17. The van der Waals surface area contributed by atoms with Gasteiger partial charge in [-0.2, -0.15) is 0 Å². The van der Waals surface area contributed by atoms with Crippen molar-refractivity contribution in [2.45, 2.75) is 13.8 Å². The Morgan fingerprint density at radius 3 is 2.76 bits per heavy atom. The van der Waals surface area contributed by atoms with Crippen LogP contribution in [-0.2, 0) is 4.74 Å². The lowest BCUT2D eigenvalue weighted by molar-refractivity contribution is 0.0709. The summed E-state index contributed by atoms with van der Waals surface area (Å²) in [6, 6.07) is 4.95. The van der Waals surface area contributed by atoms with E-state index in [1.165, 1.54) is 6.07 Å². The number of carbonyl (C=O) groups is 1. The molecule has 0 saturated heterocycles. The number of rotatable bonds is 5. The van der Waals surface area contributed by atoms with Crippen LogP contribution in [0.1, 0.15) is 22.8 Å². The minimum Gasteiger partial charge on any atom is -0.508 e. The Labute approximate surface area is 102 Å². The van der Waals surface area contributed by atoms with Crippen molar-refractivity contribution in [1.82, 2.24) is 4.90 Å². The molecule has 0 radical (unpaired) electrons. The lowest BCUT2D eigenvalue weighted by atomic mass is 10.1. The van der Waals surface area contributed by atoms with E-state index in [0.717, 1.165) is 5.56 Å². The molecule has 94 valence electrons. The predicted molar refractivity (Wildman–Crippen MR) is 66.3 cm³/mol. The summed E-state index contributed by atoms with van der Waals surface area (Å²) in [5.74, 6) is 0.0362. The van der Waals surface area contributed by atoms with Crippen LogP contribution < -0.4 is 0 Å². The van der Waals surface area contributed by atoms with Crippen LogP contribution in [0.15, 0.2) is 18.2 Å². The predicted octanol–water partition coefficient (Wildman–Crippen LogP) is 1.81. The molecule has 1 rings (SSSR count). The number of amides is 1. The fraction of sp³-hybridized carbons (Fsp3) is 0.462. The third-order valence-electron chi connectivity index (χ3n) is 2.58. The number of ether oxygens (including phenoxy) is 1. The number of phenolic OH excluding ortho intramolecular Hbond substituents is 1. The van der Waals surface area contributed by atoms with E-state index >= 15 is 0 Å². The first kappa shape index (κ1) is 13.5. The van der Waals surface area contributed by atoms with E-state index in [1.807, 2.05) is 6.92 Å². The van der Waals surface area contributed by atoms with Gasteiger partial charge in [-0.3, -0.25) is 4.79 Å². The molecule has 17 heavy (non-hydrogen) atoms. The summed E-state index contributed by atoms with van der Waals surface area (Å²) in [6.07, 6.45) is 0. The standard InChI is InChI=1S/C13H19NO3/c1-4-17-8-7-14(3)13(16)11-6-5-10(2)12(15)9-11/h5-6,9,15H,4,7-8H2,1-3H3. The van der Waals surface area contributed by atoms with E-state index in [9.17, 15) is 9.90 Å². The average molecular weight is 237 g/mol. The van der Waals surface area contributed by atoms with Gasteiger partial charge in [-0.15, -0.1) is 0 Å². The third kappa shape index (κ3) is 3.75. The highest BCUT2D eigenvalue weighted by Crippen LogP contribution is 2.18. The van der Waals surface area contributed by atoms with Crippen molar-refractivity contribution in [3.05, 3.63) is 29.3 Å². The van der Waals surface area contributed by atoms with Gasteiger partial charge in [0.15, 0.2) is 0 Å². The van der Waals surface area contributed by atoms with Crippen molar-refractivity contribution in [1.29, 1.82) is 0 Å². The minimum absolute atomic E-state index is 0.111. The van der Waals surface area contributed by atoms with Gasteiger partial charge in [-0.25, -0.2) is 0 Å². The number of hydrogen-bond acceptors (Lipinski definition) is 3. The number of aromatic hydroxyl groups is 1. The van der Waals surface area contributed by atoms with Gasteiger partial charge in [0.2, 0.25) is 0 Å². The molecule has 4 nitrogen and oxygen atoms in total. The largest absolute Gasteiger partial charge is 0.508 e. The van der Waals surface area contributed by atoms with Crippen LogP contribution in [0.2, 0.25) is 0 Å². The SMILES string of the molecule is CCOCCN(C)C(=O)c1ccc(C)c(O)c1. The molecule has 0 bridgehead atoms. The molecule has 0 saturated carbocycles. The number of likely N-dealkylation sites (N-methyl/N-ethyl adjacent to an activating group) is 1. The summed E-state index contributed by atoms with van der Waals surface area (Å²) in [6.45, 7) is 5.42. The van der Waals surface area contributed by atoms with Crippen LogP contribution >= 0.6 is 0 Å². The van der Waals surface area contributed by atoms with Gasteiger partial charge in [0.05, 0.1) is 6.61 Å². The molecule has 0 aliphatic rings. The molecule has 0 fully saturated rings. The first-order chi connectivity index (χ1) is 8.06. The zero-order valence-electron chi connectivity index (χ0n) is 10.6. The van der Waals surface area contributed by atoms with E-state index in [1.54, 1.807) is 31.0 Å². The number of carbonyl (C=O) groups excluding carboxylic acids is 1. The van der Waals surface area contributed by atoms with Gasteiger partial charge in [0, 0.05) is 25.8 Å². The van der Waals surface area contributed by atoms with Crippen LogP contribution in [0.25, 0.3) is 0 Å². The van der Waals surface area contributed by atoms with Crippen molar-refractivity contribution >= 4 is 5.91 Å². The minimum atomic E-state index is -0.111. The van der Waals surface area contributed by atoms with Gasteiger partial charge in [-0.1, -0.05) is 6.07 Å². The van der Waals surface area contributed by atoms with Crippen LogP contribution in [0.5, 0.6) is 5.75 Å². The lowest BCUT2D eigenvalue weighted by Crippen LogP contribution is -2.30. The molecule has 1 aromatic carbocycles. The van der Waals surface area contributed by atoms with Gasteiger partial charge in [0.1, 0.15) is 5.75 Å². The molecule has 0 heterocycles. The Bertz CT molecular complexity index is 390. The second-order valence-electron chi connectivity index (χ2n) is 3.92. The average Bonchev–Trinajstić information content (AvgIpc) is 2.32. The van der Waals surface area contributed by atoms with Gasteiger partial charge in [-0.05, 0) is 31.5 Å². The molecule has 1 amide bonds. The van der Waals surface area contributed by atoms with Gasteiger partial charge < -0.3 is 14.7 Å². The maximum atomic E-state index is 12.0. The summed E-state index contributed by atoms with van der Waals surface area (Å²) in [7, 11) is 1.72. The number of aryl methyl sites for hydroxylation is 1. The molecule has 0 aliphatic heterocycles. The Balaban J connectivity index is 2.65. The zero-order valence-corrected chi connectivity index (χ0v) is 10.6. The van der Waals surface area contributed by atoms with Crippen LogP contribution in [0.3, 0.4) is 0 Å². The Morgan fingerprint density at radius 2 is 2.18 bits per heavy atom. The summed E-state index contributed by atoms with van der Waals surface area (Å²) >= 11 is 0. The fourth-order valence-corrected chi connectivity index (χ4v) is 1.41. The quantitative estimate of drug-likeness (QED) is 0.794. The first-order valence-electron chi connectivity index (χ1n) is 5.69. The summed E-state index contributed by atoms with van der Waals surface area (Å²) in [5.41, 5.74) is 1.26. The maximum Gasteiger partial charge on any atom is 0.253 e. The molecule has 1 aromatic rings. The maximum absolute atomic E-state index is 12.0. The Morgan fingerprint density at radius 1 is 1.47 bits per heavy atom. The third-order valence-corrected chi connectivity index (χ3v) is 2.58. The second-order valence-corrected chi connectivity index (χ2v) is 3.92. The smallest absolute Gasteiger partial charge is 0.253 e. The van der Waals surface area contributed by atoms with Crippen molar-refractivity contribution in [3.63, 3.8) is 0 Å². The van der Waals surface area contributed by atoms with E-state index in [0.29, 0.717) is 25.3 Å². The number of hydrogen-bond donors (Lipinski definition) is 1. The summed E-state index contributed by atoms with van der Waals surface area (Å²) in [4.78, 5) is 13.5. The molecule has 0 atom stereocenters. The Kier molecular flexibility index (Phi) is 4.97. The van der Waals surface area contributed by atoms with E-state index in [-0.39, 0.29) is 11.7 Å². The van der Waals surface area contributed by atoms with Crippen molar-refractivity contribution in [2.75, 3.05) is 26.8 Å². The van der Waals surface area contributed by atoms with E-state index in [4.69, 9.17) is 4.74 Å². The van der Waals surface area contributed by atoms with Crippen LogP contribution in [-0.4, -0.2) is 42.7 Å². The molecular formula is C13H19NO3. The highest BCUT2D eigenvalue weighted by atomic mass is 16.5. The molecule has 0 aliphatic carbocycles. The molecule has 0 unspecified atom stereocenters. The number of benzene rings is 1. The van der Waals surface area contributed by atoms with Crippen molar-refractivity contribution in [3.8, 4) is 5.75 Å². The van der Waals surface area contributed by atoms with Crippen molar-refractivity contribution in [2.24, 2.45) is 0 Å². The van der Waals surface area contributed by atoms with E-state index < -0.39 is 0 Å². The summed E-state index contributed by atoms with van der Waals surface area (Å²) < 4.78 is 5.19. The van der Waals surface area contributed by atoms with Gasteiger partial charge >= 0.3 is 0 Å². The molecule has 0 aromatic heterocycles. The molecule has 4 heteroatoms. The van der Waals surface area contributed by atoms with Gasteiger partial charge in [0.25, 0.3) is 5.91 Å². The topological polar surface area (TPSA) is 49.8 Å². The number of phenols is 1. The highest BCUT2D eigenvalue weighted by Gasteiger charge is 2.12. The normalized spacial score (nSPS) is 10.3. The molecular weight excluding hydrogens is 218 g/mol. The van der Waals surface area contributed by atoms with E-state index in [2.05, 4.69) is 0 Å². The van der Waals surface area contributed by atoms with Crippen LogP contribution in [0.4, 0.5) is 0 Å². The second kappa shape index (κ2) is 6.25. The zero-order chi connectivity index (χ0) is 12.8. The van der Waals surface area contributed by atoms with Crippen molar-refractivity contribution < 1.29 is 14.6 Å². The molecule has 0 spiro atoms. The summed E-state index contributed by atoms with van der Waals surface area (Å²) in [5, 5.41) is 9.55. The van der Waals surface area contributed by atoms with Crippen LogP contribution in [0, 0.1) is 6.92 Å². The fourth-order valence-electron chi connectivity index (χ4n) is 1.41. The molecule has 1 N–H and O–H groups in total. The first-order valence-corrected chi connectivity index (χ1v) is 5.69. The Hall–Kier alpha value is -1.55. The monoisotopic (exact) mass is 237 g/mol. The highest BCUT2D eigenvalue weighted by molar-refractivity contribution is 5.94. The number of nitrogens with zero attached hydrogens (tertiary/aromatic N) is 1.